The van der Waals surface area contributed by atoms with Crippen molar-refractivity contribution in [2.75, 3.05) is 6.54 Å². The molecule has 0 bridgehead atoms. The van der Waals surface area contributed by atoms with Gasteiger partial charge in [-0.2, -0.15) is 5.10 Å². The number of nitrogens with zero attached hydrogens (tertiary/aromatic N) is 2. The molecule has 2 heterocycles. The van der Waals surface area contributed by atoms with E-state index < -0.39 is 0 Å². The smallest absolute Gasteiger partial charge is 0.0818 e. The summed E-state index contributed by atoms with van der Waals surface area (Å²) in [5, 5.41) is 8.70. The molecule has 1 atom stereocenters. The minimum absolute atomic E-state index is 0.582. The van der Waals surface area contributed by atoms with Crippen molar-refractivity contribution in [3.05, 3.63) is 16.9 Å². The van der Waals surface area contributed by atoms with Gasteiger partial charge in [-0.1, -0.05) is 24.9 Å². The predicted octanol–water partition coefficient (Wildman–Crippen LogP) is 2.63. The minimum Gasteiger partial charge on any atom is -0.314 e. The Morgan fingerprint density at radius 3 is 3.12 bits per heavy atom. The molecule has 1 aliphatic rings. The number of piperidine rings is 1. The van der Waals surface area contributed by atoms with Crippen molar-refractivity contribution in [2.24, 2.45) is 0 Å². The number of hydrogen-bond acceptors (Lipinski definition) is 2. The number of aromatic nitrogens is 2. The molecule has 0 aromatic carbocycles. The molecule has 1 aliphatic heterocycles. The van der Waals surface area contributed by atoms with Crippen LogP contribution in [-0.4, -0.2) is 22.4 Å². The third kappa shape index (κ3) is 2.77. The van der Waals surface area contributed by atoms with Gasteiger partial charge in [0.05, 0.1) is 16.9 Å². The van der Waals surface area contributed by atoms with Gasteiger partial charge in [-0.3, -0.25) is 4.68 Å². The molecule has 1 fully saturated rings. The maximum absolute atomic E-state index is 6.19. The van der Waals surface area contributed by atoms with Crippen LogP contribution >= 0.6 is 11.6 Å². The zero-order valence-electron chi connectivity index (χ0n) is 9.88. The third-order valence-corrected chi connectivity index (χ3v) is 3.50. The van der Waals surface area contributed by atoms with E-state index >= 15 is 0 Å². The first-order chi connectivity index (χ1) is 7.81. The van der Waals surface area contributed by atoms with Crippen LogP contribution < -0.4 is 5.32 Å². The standard InChI is InChI=1S/C12H20ClN3/c1-2-7-16-12(11(13)9-15-16)8-10-5-3-4-6-14-10/h9-10,14H,2-8H2,1H3. The molecule has 16 heavy (non-hydrogen) atoms. The van der Waals surface area contributed by atoms with E-state index in [9.17, 15) is 0 Å². The van der Waals surface area contributed by atoms with Gasteiger partial charge >= 0.3 is 0 Å². The van der Waals surface area contributed by atoms with Crippen molar-refractivity contribution in [1.29, 1.82) is 0 Å². The lowest BCUT2D eigenvalue weighted by Crippen LogP contribution is -2.36. The highest BCUT2D eigenvalue weighted by molar-refractivity contribution is 6.31. The Labute approximate surface area is 102 Å². The monoisotopic (exact) mass is 241 g/mol. The minimum atomic E-state index is 0.582. The molecule has 0 amide bonds. The topological polar surface area (TPSA) is 29.9 Å². The molecular weight excluding hydrogens is 222 g/mol. The SMILES string of the molecule is CCCn1ncc(Cl)c1CC1CCCCN1. The Balaban J connectivity index is 2.03. The van der Waals surface area contributed by atoms with Crippen molar-refractivity contribution in [3.63, 3.8) is 0 Å². The van der Waals surface area contributed by atoms with Crippen molar-refractivity contribution in [3.8, 4) is 0 Å². The molecule has 3 nitrogen and oxygen atoms in total. The van der Waals surface area contributed by atoms with Crippen molar-refractivity contribution < 1.29 is 0 Å². The Morgan fingerprint density at radius 2 is 2.44 bits per heavy atom. The van der Waals surface area contributed by atoms with Crippen LogP contribution in [0.3, 0.4) is 0 Å². The first-order valence-electron chi connectivity index (χ1n) is 6.25. The highest BCUT2D eigenvalue weighted by Crippen LogP contribution is 2.20. The largest absolute Gasteiger partial charge is 0.314 e. The molecule has 4 heteroatoms. The lowest BCUT2D eigenvalue weighted by Gasteiger charge is -2.23. The Hall–Kier alpha value is -0.540. The van der Waals surface area contributed by atoms with Crippen LogP contribution in [0, 0.1) is 0 Å². The third-order valence-electron chi connectivity index (χ3n) is 3.19. The summed E-state index contributed by atoms with van der Waals surface area (Å²) in [6.45, 7) is 4.27. The number of halogens is 1. The van der Waals surface area contributed by atoms with Crippen LogP contribution in [0.5, 0.6) is 0 Å². The van der Waals surface area contributed by atoms with Crippen LogP contribution in [0.2, 0.25) is 5.02 Å². The second-order valence-electron chi connectivity index (χ2n) is 4.51. The van der Waals surface area contributed by atoms with Crippen molar-refractivity contribution in [2.45, 2.75) is 51.6 Å². The predicted molar refractivity (Wildman–Crippen MR) is 66.9 cm³/mol. The van der Waals surface area contributed by atoms with Crippen LogP contribution in [0.4, 0.5) is 0 Å². The summed E-state index contributed by atoms with van der Waals surface area (Å²) < 4.78 is 2.05. The Bertz CT molecular complexity index is 329. The summed E-state index contributed by atoms with van der Waals surface area (Å²) in [7, 11) is 0. The first kappa shape index (κ1) is 11.9. The second-order valence-corrected chi connectivity index (χ2v) is 4.92. The molecular formula is C12H20ClN3. The van der Waals surface area contributed by atoms with Gasteiger partial charge in [-0.15, -0.1) is 0 Å². The highest BCUT2D eigenvalue weighted by Gasteiger charge is 2.17. The molecule has 0 spiro atoms. The maximum Gasteiger partial charge on any atom is 0.0818 e. The Kier molecular flexibility index (Phi) is 4.24. The molecule has 0 radical (unpaired) electrons. The van der Waals surface area contributed by atoms with E-state index in [2.05, 4.69) is 22.0 Å². The molecule has 90 valence electrons. The van der Waals surface area contributed by atoms with Crippen LogP contribution in [0.1, 0.15) is 38.3 Å². The number of nitrogens with one attached hydrogen (secondary N) is 1. The van der Waals surface area contributed by atoms with Gasteiger partial charge in [0.2, 0.25) is 0 Å². The zero-order valence-corrected chi connectivity index (χ0v) is 10.6. The van der Waals surface area contributed by atoms with Gasteiger partial charge in [-0.05, 0) is 25.8 Å². The molecule has 1 unspecified atom stereocenters. The summed E-state index contributed by atoms with van der Waals surface area (Å²) in [6.07, 6.45) is 7.78. The van der Waals surface area contributed by atoms with Gasteiger partial charge in [0.1, 0.15) is 0 Å². The number of aryl methyl sites for hydroxylation is 1. The van der Waals surface area contributed by atoms with Crippen LogP contribution in [0.15, 0.2) is 6.20 Å². The fourth-order valence-corrected chi connectivity index (χ4v) is 2.55. The Morgan fingerprint density at radius 1 is 1.56 bits per heavy atom. The van der Waals surface area contributed by atoms with E-state index in [4.69, 9.17) is 11.6 Å². The molecule has 0 saturated carbocycles. The van der Waals surface area contributed by atoms with Gasteiger partial charge in [-0.25, -0.2) is 0 Å². The van der Waals surface area contributed by atoms with E-state index in [0.717, 1.165) is 31.0 Å². The number of rotatable bonds is 4. The fourth-order valence-electron chi connectivity index (χ4n) is 2.33. The van der Waals surface area contributed by atoms with Gasteiger partial charge in [0, 0.05) is 19.0 Å². The first-order valence-corrected chi connectivity index (χ1v) is 6.62. The summed E-state index contributed by atoms with van der Waals surface area (Å²) in [6, 6.07) is 0.582. The summed E-state index contributed by atoms with van der Waals surface area (Å²) in [5.74, 6) is 0. The quantitative estimate of drug-likeness (QED) is 0.878. The molecule has 2 rings (SSSR count). The molecule has 1 aromatic heterocycles. The summed E-state index contributed by atoms with van der Waals surface area (Å²) in [4.78, 5) is 0. The van der Waals surface area contributed by atoms with E-state index in [0.29, 0.717) is 6.04 Å². The molecule has 1 aromatic rings. The van der Waals surface area contributed by atoms with Gasteiger partial charge in [0.25, 0.3) is 0 Å². The average molecular weight is 242 g/mol. The molecule has 1 N–H and O–H groups in total. The van der Waals surface area contributed by atoms with Crippen molar-refractivity contribution >= 4 is 11.6 Å². The molecule has 0 aliphatic carbocycles. The second kappa shape index (κ2) is 5.69. The fraction of sp³-hybridized carbons (Fsp3) is 0.750. The highest BCUT2D eigenvalue weighted by atomic mass is 35.5. The summed E-state index contributed by atoms with van der Waals surface area (Å²) >= 11 is 6.19. The molecule has 1 saturated heterocycles. The van der Waals surface area contributed by atoms with E-state index in [1.165, 1.54) is 25.0 Å². The normalized spacial score (nSPS) is 21.2. The average Bonchev–Trinajstić information content (AvgIpc) is 2.64. The van der Waals surface area contributed by atoms with E-state index in [-0.39, 0.29) is 0 Å². The zero-order chi connectivity index (χ0) is 11.4. The summed E-state index contributed by atoms with van der Waals surface area (Å²) in [5.41, 5.74) is 1.20. The maximum atomic E-state index is 6.19. The van der Waals surface area contributed by atoms with Crippen LogP contribution in [-0.2, 0) is 13.0 Å². The van der Waals surface area contributed by atoms with E-state index in [1.54, 1.807) is 6.20 Å². The van der Waals surface area contributed by atoms with Crippen LogP contribution in [0.25, 0.3) is 0 Å². The lowest BCUT2D eigenvalue weighted by molar-refractivity contribution is 0.390. The lowest BCUT2D eigenvalue weighted by atomic mass is 10.0. The van der Waals surface area contributed by atoms with Crippen molar-refractivity contribution in [1.82, 2.24) is 15.1 Å². The van der Waals surface area contributed by atoms with Gasteiger partial charge < -0.3 is 5.32 Å². The van der Waals surface area contributed by atoms with E-state index in [1.807, 2.05) is 0 Å². The number of hydrogen-bond donors (Lipinski definition) is 1. The van der Waals surface area contributed by atoms with Gasteiger partial charge in [0.15, 0.2) is 0 Å².